The number of piperidine rings is 1. The minimum absolute atomic E-state index is 0.505. The van der Waals surface area contributed by atoms with Crippen LogP contribution in [0.15, 0.2) is 12.5 Å². The maximum Gasteiger partial charge on any atom is 0.0948 e. The van der Waals surface area contributed by atoms with Crippen LogP contribution in [0.1, 0.15) is 58.2 Å². The second-order valence-electron chi connectivity index (χ2n) is 5.54. The maximum atomic E-state index is 4.33. The van der Waals surface area contributed by atoms with Crippen LogP contribution in [0, 0.1) is 5.92 Å². The van der Waals surface area contributed by atoms with Gasteiger partial charge in [-0.05, 0) is 32.1 Å². The zero-order chi connectivity index (χ0) is 12.3. The van der Waals surface area contributed by atoms with Crippen molar-refractivity contribution < 1.29 is 0 Å². The van der Waals surface area contributed by atoms with E-state index in [1.165, 1.54) is 31.4 Å². The van der Waals surface area contributed by atoms with Gasteiger partial charge in [-0.25, -0.2) is 4.98 Å². The molecule has 1 aliphatic heterocycles. The Balaban J connectivity index is 2.07. The van der Waals surface area contributed by atoms with Crippen molar-refractivity contribution in [3.63, 3.8) is 0 Å². The Bertz CT molecular complexity index is 345. The lowest BCUT2D eigenvalue weighted by atomic mass is 9.97. The largest absolute Gasteiger partial charge is 0.333 e. The summed E-state index contributed by atoms with van der Waals surface area (Å²) in [6.07, 6.45) is 9.13. The highest BCUT2D eigenvalue weighted by atomic mass is 15.1. The molecule has 0 bridgehead atoms. The summed E-state index contributed by atoms with van der Waals surface area (Å²) in [5, 5.41) is 3.69. The van der Waals surface area contributed by atoms with Crippen LogP contribution in [0.3, 0.4) is 0 Å². The van der Waals surface area contributed by atoms with Gasteiger partial charge in [0, 0.05) is 24.8 Å². The number of nitrogens with zero attached hydrogens (tertiary/aromatic N) is 2. The Morgan fingerprint density at radius 2 is 2.35 bits per heavy atom. The van der Waals surface area contributed by atoms with Crippen LogP contribution in [0.25, 0.3) is 0 Å². The Labute approximate surface area is 105 Å². The van der Waals surface area contributed by atoms with Gasteiger partial charge in [0.2, 0.25) is 0 Å². The quantitative estimate of drug-likeness (QED) is 0.869. The van der Waals surface area contributed by atoms with E-state index < -0.39 is 0 Å². The molecule has 1 aromatic heterocycles. The van der Waals surface area contributed by atoms with Gasteiger partial charge in [0.15, 0.2) is 0 Å². The minimum Gasteiger partial charge on any atom is -0.333 e. The first-order chi connectivity index (χ1) is 8.20. The summed E-state index contributed by atoms with van der Waals surface area (Å²) in [6.45, 7) is 7.93. The van der Waals surface area contributed by atoms with Crippen molar-refractivity contribution in [1.29, 1.82) is 0 Å². The molecular weight excluding hydrogens is 210 g/mol. The summed E-state index contributed by atoms with van der Waals surface area (Å²) in [5.74, 6) is 0.726. The molecule has 3 nitrogen and oxygen atoms in total. The summed E-state index contributed by atoms with van der Waals surface area (Å²) in [4.78, 5) is 4.33. The zero-order valence-corrected chi connectivity index (χ0v) is 11.3. The van der Waals surface area contributed by atoms with Gasteiger partial charge in [0.25, 0.3) is 0 Å². The molecule has 1 fully saturated rings. The second kappa shape index (κ2) is 5.67. The predicted molar refractivity (Wildman–Crippen MR) is 70.9 cm³/mol. The van der Waals surface area contributed by atoms with Crippen LogP contribution in [0.2, 0.25) is 0 Å². The lowest BCUT2D eigenvalue weighted by Crippen LogP contribution is -2.35. The van der Waals surface area contributed by atoms with Crippen LogP contribution in [0.5, 0.6) is 0 Å². The number of hydrogen-bond acceptors (Lipinski definition) is 2. The van der Waals surface area contributed by atoms with Gasteiger partial charge in [-0.1, -0.05) is 20.3 Å². The third-order valence-corrected chi connectivity index (χ3v) is 3.92. The average molecular weight is 235 g/mol. The summed E-state index contributed by atoms with van der Waals surface area (Å²) in [6, 6.07) is 1.14. The van der Waals surface area contributed by atoms with Gasteiger partial charge >= 0.3 is 0 Å². The standard InChI is InChI=1S/C14H25N3/c1-4-11(2)9-17-10-15-8-14(17)13-7-5-6-12(3)16-13/h8,10-13,16H,4-7,9H2,1-3H3. The monoisotopic (exact) mass is 235 g/mol. The highest BCUT2D eigenvalue weighted by Crippen LogP contribution is 2.25. The number of aromatic nitrogens is 2. The van der Waals surface area contributed by atoms with Crippen molar-refractivity contribution in [3.05, 3.63) is 18.2 Å². The molecule has 1 N–H and O–H groups in total. The number of nitrogens with one attached hydrogen (secondary N) is 1. The maximum absolute atomic E-state index is 4.33. The van der Waals surface area contributed by atoms with Crippen molar-refractivity contribution in [2.45, 2.75) is 65.1 Å². The van der Waals surface area contributed by atoms with Crippen molar-refractivity contribution >= 4 is 0 Å². The highest BCUT2D eigenvalue weighted by molar-refractivity contribution is 5.07. The van der Waals surface area contributed by atoms with Crippen LogP contribution in [-0.4, -0.2) is 15.6 Å². The van der Waals surface area contributed by atoms with Gasteiger partial charge in [-0.15, -0.1) is 0 Å². The van der Waals surface area contributed by atoms with E-state index in [-0.39, 0.29) is 0 Å². The Morgan fingerprint density at radius 1 is 1.53 bits per heavy atom. The number of rotatable bonds is 4. The lowest BCUT2D eigenvalue weighted by Gasteiger charge is -2.29. The zero-order valence-electron chi connectivity index (χ0n) is 11.3. The van der Waals surface area contributed by atoms with E-state index >= 15 is 0 Å². The molecular formula is C14H25N3. The first kappa shape index (κ1) is 12.6. The second-order valence-corrected chi connectivity index (χ2v) is 5.54. The molecule has 1 saturated heterocycles. The molecule has 0 spiro atoms. The molecule has 1 aliphatic rings. The molecule has 0 aromatic carbocycles. The van der Waals surface area contributed by atoms with E-state index in [9.17, 15) is 0 Å². The molecule has 0 radical (unpaired) electrons. The topological polar surface area (TPSA) is 29.9 Å². The Hall–Kier alpha value is -0.830. The molecule has 17 heavy (non-hydrogen) atoms. The van der Waals surface area contributed by atoms with E-state index in [0.29, 0.717) is 12.1 Å². The third kappa shape index (κ3) is 3.09. The first-order valence-corrected chi connectivity index (χ1v) is 6.96. The Kier molecular flexibility index (Phi) is 4.21. The van der Waals surface area contributed by atoms with E-state index in [1.54, 1.807) is 0 Å². The van der Waals surface area contributed by atoms with E-state index in [4.69, 9.17) is 0 Å². The Morgan fingerprint density at radius 3 is 3.06 bits per heavy atom. The molecule has 2 heterocycles. The van der Waals surface area contributed by atoms with Crippen molar-refractivity contribution in [1.82, 2.24) is 14.9 Å². The molecule has 3 atom stereocenters. The van der Waals surface area contributed by atoms with E-state index in [1.807, 2.05) is 12.5 Å². The van der Waals surface area contributed by atoms with Crippen LogP contribution in [0.4, 0.5) is 0 Å². The van der Waals surface area contributed by atoms with Crippen molar-refractivity contribution in [2.75, 3.05) is 0 Å². The molecule has 0 saturated carbocycles. The summed E-state index contributed by atoms with van der Waals surface area (Å²) < 4.78 is 2.34. The predicted octanol–water partition coefficient (Wildman–Crippen LogP) is 3.13. The third-order valence-electron chi connectivity index (χ3n) is 3.92. The molecule has 96 valence electrons. The SMILES string of the molecule is CCC(C)Cn1cncc1C1CCCC(C)N1. The summed E-state index contributed by atoms with van der Waals surface area (Å²) >= 11 is 0. The fraction of sp³-hybridized carbons (Fsp3) is 0.786. The van der Waals surface area contributed by atoms with Crippen LogP contribution in [-0.2, 0) is 6.54 Å². The number of imidazole rings is 1. The van der Waals surface area contributed by atoms with E-state index in [2.05, 4.69) is 35.6 Å². The summed E-state index contributed by atoms with van der Waals surface area (Å²) in [5.41, 5.74) is 1.37. The average Bonchev–Trinajstić information content (AvgIpc) is 2.77. The molecule has 1 aromatic rings. The molecule has 0 amide bonds. The molecule has 0 aliphatic carbocycles. The van der Waals surface area contributed by atoms with Crippen molar-refractivity contribution in [2.24, 2.45) is 5.92 Å². The fourth-order valence-electron chi connectivity index (χ4n) is 2.61. The normalized spacial score (nSPS) is 27.0. The fourth-order valence-corrected chi connectivity index (χ4v) is 2.61. The van der Waals surface area contributed by atoms with E-state index in [0.717, 1.165) is 12.5 Å². The first-order valence-electron chi connectivity index (χ1n) is 6.96. The lowest BCUT2D eigenvalue weighted by molar-refractivity contribution is 0.323. The van der Waals surface area contributed by atoms with Gasteiger partial charge in [0.05, 0.1) is 12.0 Å². The van der Waals surface area contributed by atoms with Gasteiger partial charge < -0.3 is 9.88 Å². The summed E-state index contributed by atoms with van der Waals surface area (Å²) in [7, 11) is 0. The van der Waals surface area contributed by atoms with Crippen LogP contribution < -0.4 is 5.32 Å². The van der Waals surface area contributed by atoms with Crippen LogP contribution >= 0.6 is 0 Å². The minimum atomic E-state index is 0.505. The highest BCUT2D eigenvalue weighted by Gasteiger charge is 2.22. The number of hydrogen-bond donors (Lipinski definition) is 1. The molecule has 2 rings (SSSR count). The van der Waals surface area contributed by atoms with Crippen molar-refractivity contribution in [3.8, 4) is 0 Å². The van der Waals surface area contributed by atoms with Gasteiger partial charge in [0.1, 0.15) is 0 Å². The van der Waals surface area contributed by atoms with Gasteiger partial charge in [-0.2, -0.15) is 0 Å². The smallest absolute Gasteiger partial charge is 0.0948 e. The molecule has 3 heteroatoms. The van der Waals surface area contributed by atoms with Gasteiger partial charge in [-0.3, -0.25) is 0 Å². The molecule has 3 unspecified atom stereocenters.